The molecule has 0 spiro atoms. The summed E-state index contributed by atoms with van der Waals surface area (Å²) in [4.78, 5) is 0. The van der Waals surface area contributed by atoms with Gasteiger partial charge in [-0.05, 0) is 57.1 Å². The van der Waals surface area contributed by atoms with Gasteiger partial charge in [0, 0.05) is 29.9 Å². The van der Waals surface area contributed by atoms with Gasteiger partial charge in [-0.1, -0.05) is 93.8 Å². The molecule has 37 heavy (non-hydrogen) atoms. The molecule has 3 aromatic rings. The summed E-state index contributed by atoms with van der Waals surface area (Å²) in [5, 5.41) is 0. The highest BCUT2D eigenvalue weighted by Crippen LogP contribution is 2.56. The maximum Gasteiger partial charge on any atom is 0.266 e. The first-order valence-corrected chi connectivity index (χ1v) is 15.6. The van der Waals surface area contributed by atoms with Crippen molar-refractivity contribution in [3.8, 4) is 16.9 Å². The number of benzene rings is 2. The Kier molecular flexibility index (Phi) is 6.06. The van der Waals surface area contributed by atoms with Gasteiger partial charge in [0.1, 0.15) is 11.2 Å². The van der Waals surface area contributed by atoms with Crippen LogP contribution in [0, 0.1) is 25.7 Å². The van der Waals surface area contributed by atoms with E-state index in [-0.39, 0.29) is 5.54 Å². The molecule has 2 heterocycles. The zero-order valence-corrected chi connectivity index (χ0v) is 23.1. The average Bonchev–Trinajstić information content (AvgIpc) is 3.65. The van der Waals surface area contributed by atoms with Crippen molar-refractivity contribution < 1.29 is 4.57 Å². The molecule has 2 heteroatoms. The Bertz CT molecular complexity index is 1280. The van der Waals surface area contributed by atoms with Crippen LogP contribution < -0.4 is 4.57 Å². The molecule has 2 nitrogen and oxygen atoms in total. The normalized spacial score (nSPS) is 24.9. The Morgan fingerprint density at radius 3 is 1.92 bits per heavy atom. The van der Waals surface area contributed by atoms with Gasteiger partial charge in [0.05, 0.1) is 5.92 Å². The Morgan fingerprint density at radius 2 is 1.24 bits per heavy atom. The zero-order chi connectivity index (χ0) is 25.0. The lowest BCUT2D eigenvalue weighted by atomic mass is 9.64. The van der Waals surface area contributed by atoms with Crippen LogP contribution in [0.25, 0.3) is 16.9 Å². The molecule has 1 atom stereocenters. The van der Waals surface area contributed by atoms with Crippen LogP contribution in [0.1, 0.15) is 118 Å². The first-order chi connectivity index (χ1) is 18.2. The molecular formula is C35H45N2+. The lowest BCUT2D eigenvalue weighted by Gasteiger charge is -2.44. The van der Waals surface area contributed by atoms with Gasteiger partial charge in [-0.2, -0.15) is 4.57 Å². The Morgan fingerprint density at radius 1 is 0.676 bits per heavy atom. The molecule has 0 bridgehead atoms. The summed E-state index contributed by atoms with van der Waals surface area (Å²) in [5.74, 6) is 3.82. The minimum Gasteiger partial charge on any atom is -0.216 e. The highest BCUT2D eigenvalue weighted by molar-refractivity contribution is 5.69. The van der Waals surface area contributed by atoms with Crippen LogP contribution in [0.4, 0.5) is 0 Å². The monoisotopic (exact) mass is 493 g/mol. The second-order valence-corrected chi connectivity index (χ2v) is 12.8. The van der Waals surface area contributed by atoms with E-state index in [0.29, 0.717) is 5.92 Å². The van der Waals surface area contributed by atoms with Gasteiger partial charge >= 0.3 is 0 Å². The molecular weight excluding hydrogens is 448 g/mol. The molecule has 0 radical (unpaired) electrons. The maximum absolute atomic E-state index is 3.06. The van der Waals surface area contributed by atoms with Gasteiger partial charge < -0.3 is 0 Å². The minimum atomic E-state index is 0.133. The summed E-state index contributed by atoms with van der Waals surface area (Å²) < 4.78 is 5.81. The summed E-state index contributed by atoms with van der Waals surface area (Å²) in [5.41, 5.74) is 9.19. The lowest BCUT2D eigenvalue weighted by molar-refractivity contribution is -0.763. The molecule has 3 saturated carbocycles. The van der Waals surface area contributed by atoms with E-state index in [2.05, 4.69) is 71.5 Å². The average molecular weight is 494 g/mol. The van der Waals surface area contributed by atoms with E-state index in [4.69, 9.17) is 0 Å². The van der Waals surface area contributed by atoms with Gasteiger partial charge in [-0.3, -0.25) is 0 Å². The number of imidazole rings is 1. The lowest BCUT2D eigenvalue weighted by Crippen LogP contribution is -2.65. The van der Waals surface area contributed by atoms with Crippen molar-refractivity contribution in [2.75, 3.05) is 0 Å². The summed E-state index contributed by atoms with van der Waals surface area (Å²) >= 11 is 0. The van der Waals surface area contributed by atoms with Gasteiger partial charge in [0.2, 0.25) is 0 Å². The summed E-state index contributed by atoms with van der Waals surface area (Å²) in [6.45, 7) is 4.75. The number of para-hydroxylation sites is 1. The van der Waals surface area contributed by atoms with Crippen LogP contribution in [0.3, 0.4) is 0 Å². The molecule has 3 fully saturated rings. The van der Waals surface area contributed by atoms with E-state index >= 15 is 0 Å². The Balaban J connectivity index is 1.59. The van der Waals surface area contributed by atoms with E-state index in [9.17, 15) is 0 Å². The highest BCUT2D eigenvalue weighted by Gasteiger charge is 2.61. The standard InChI is InChI=1S/C35H45N2/c1-25-15-9-14-24-32(25)36-26(2)33-30-22-12-13-23-31(30)35(29-20-10-11-21-29,28-18-7-4-8-19-28)37(33)34(36)27-16-5-3-6-17-27/h9,12-15,22-24,27-29H,3-8,10-11,16-21H2,1-2H3/q+1. The molecule has 0 amide bonds. The molecule has 4 aliphatic rings. The largest absolute Gasteiger partial charge is 0.266 e. The summed E-state index contributed by atoms with van der Waals surface area (Å²) in [7, 11) is 0. The van der Waals surface area contributed by atoms with Crippen LogP contribution in [-0.4, -0.2) is 4.57 Å². The van der Waals surface area contributed by atoms with Gasteiger partial charge in [-0.25, -0.2) is 4.57 Å². The van der Waals surface area contributed by atoms with Crippen molar-refractivity contribution in [1.29, 1.82) is 0 Å². The van der Waals surface area contributed by atoms with Crippen molar-refractivity contribution in [2.45, 2.75) is 115 Å². The Hall–Kier alpha value is -2.35. The molecule has 2 aromatic carbocycles. The Labute approximate surface area is 224 Å². The van der Waals surface area contributed by atoms with E-state index in [1.165, 1.54) is 107 Å². The van der Waals surface area contributed by atoms with Crippen LogP contribution in [-0.2, 0) is 5.54 Å². The van der Waals surface area contributed by atoms with Crippen molar-refractivity contribution in [2.24, 2.45) is 11.8 Å². The van der Waals surface area contributed by atoms with Crippen LogP contribution >= 0.6 is 0 Å². The number of aromatic nitrogens is 2. The number of rotatable bonds is 4. The van der Waals surface area contributed by atoms with E-state index < -0.39 is 0 Å². The first-order valence-electron chi connectivity index (χ1n) is 15.6. The quantitative estimate of drug-likeness (QED) is 0.321. The summed E-state index contributed by atoms with van der Waals surface area (Å²) in [6.07, 6.45) is 19.5. The molecule has 0 saturated heterocycles. The number of fused-ring (bicyclic) bond motifs is 3. The maximum atomic E-state index is 3.06. The van der Waals surface area contributed by atoms with Crippen molar-refractivity contribution in [3.63, 3.8) is 0 Å². The van der Waals surface area contributed by atoms with Crippen molar-refractivity contribution in [3.05, 3.63) is 71.2 Å². The summed E-state index contributed by atoms with van der Waals surface area (Å²) in [6, 6.07) is 18.8. The fourth-order valence-corrected chi connectivity index (χ4v) is 9.39. The second-order valence-electron chi connectivity index (χ2n) is 12.8. The predicted octanol–water partition coefficient (Wildman–Crippen LogP) is 8.92. The fourth-order valence-electron chi connectivity index (χ4n) is 9.39. The van der Waals surface area contributed by atoms with Gasteiger partial charge in [-0.15, -0.1) is 0 Å². The molecule has 0 N–H and O–H groups in total. The van der Waals surface area contributed by atoms with E-state index in [0.717, 1.165) is 11.8 Å². The third-order valence-corrected chi connectivity index (χ3v) is 10.9. The van der Waals surface area contributed by atoms with Crippen molar-refractivity contribution in [1.82, 2.24) is 4.57 Å². The second kappa shape index (κ2) is 9.44. The number of aryl methyl sites for hydroxylation is 1. The van der Waals surface area contributed by atoms with E-state index in [1.807, 2.05) is 0 Å². The first kappa shape index (κ1) is 23.7. The van der Waals surface area contributed by atoms with Gasteiger partial charge in [0.15, 0.2) is 11.4 Å². The highest BCUT2D eigenvalue weighted by atomic mass is 15.3. The third-order valence-electron chi connectivity index (χ3n) is 10.9. The molecule has 1 unspecified atom stereocenters. The molecule has 194 valence electrons. The number of hydrogen-bond donors (Lipinski definition) is 0. The molecule has 1 aliphatic heterocycles. The fraction of sp³-hybridized carbons (Fsp3) is 0.571. The predicted molar refractivity (Wildman–Crippen MR) is 152 cm³/mol. The van der Waals surface area contributed by atoms with Gasteiger partial charge in [0.25, 0.3) is 5.82 Å². The molecule has 7 rings (SSSR count). The minimum absolute atomic E-state index is 0.133. The van der Waals surface area contributed by atoms with Crippen molar-refractivity contribution >= 4 is 0 Å². The molecule has 3 aliphatic carbocycles. The topological polar surface area (TPSA) is 8.81 Å². The third kappa shape index (κ3) is 3.46. The number of nitrogens with zero attached hydrogens (tertiary/aromatic N) is 2. The SMILES string of the molecule is Cc1ccccc1-n1c(C)c2[n+](c1C1CCCCC1)C(C1CCCCC1)(C1CCCC1)c1ccccc1-2. The van der Waals surface area contributed by atoms with Crippen LogP contribution in [0.5, 0.6) is 0 Å². The smallest absolute Gasteiger partial charge is 0.216 e. The zero-order valence-electron chi connectivity index (χ0n) is 23.1. The molecule has 1 aromatic heterocycles. The number of hydrogen-bond acceptors (Lipinski definition) is 0. The van der Waals surface area contributed by atoms with Crippen LogP contribution in [0.15, 0.2) is 48.5 Å². The van der Waals surface area contributed by atoms with E-state index in [1.54, 1.807) is 22.6 Å². The van der Waals surface area contributed by atoms with Crippen LogP contribution in [0.2, 0.25) is 0 Å².